The molecule has 8 heteroatoms. The molecular formula is C24H22BrN3O2S2. The number of carbonyl (C=O) groups excluding carboxylic acids is 2. The Kier molecular flexibility index (Phi) is 5.34. The molecule has 0 saturated carbocycles. The SMILES string of the molecule is CC1=C(C(=O)Nc2nc3ccc(Br)cc3s2)C(c2cccs2)C2=C(CC(C)(C)CC2=O)N1. The van der Waals surface area contributed by atoms with Gasteiger partial charge in [0.1, 0.15) is 0 Å². The molecule has 3 heterocycles. The Balaban J connectivity index is 1.54. The number of fused-ring (bicyclic) bond motifs is 1. The lowest BCUT2D eigenvalue weighted by molar-refractivity contribution is -0.118. The highest BCUT2D eigenvalue weighted by Crippen LogP contribution is 2.47. The third kappa shape index (κ3) is 3.84. The lowest BCUT2D eigenvalue weighted by Gasteiger charge is -2.39. The quantitative estimate of drug-likeness (QED) is 0.415. The first-order chi connectivity index (χ1) is 15.2. The van der Waals surface area contributed by atoms with Crippen molar-refractivity contribution < 1.29 is 9.59 Å². The zero-order valence-electron chi connectivity index (χ0n) is 17.9. The number of thiophene rings is 1. The summed E-state index contributed by atoms with van der Waals surface area (Å²) < 4.78 is 1.96. The van der Waals surface area contributed by atoms with Gasteiger partial charge in [0, 0.05) is 38.3 Å². The molecule has 2 aromatic heterocycles. The van der Waals surface area contributed by atoms with Gasteiger partial charge in [0.25, 0.3) is 5.91 Å². The predicted octanol–water partition coefficient (Wildman–Crippen LogP) is 6.36. The van der Waals surface area contributed by atoms with Crippen molar-refractivity contribution in [3.63, 3.8) is 0 Å². The number of Topliss-reactive ketones (excluding diaryl/α,β-unsaturated/α-hetero) is 1. The van der Waals surface area contributed by atoms with E-state index in [2.05, 4.69) is 45.4 Å². The number of ketones is 1. The maximum absolute atomic E-state index is 13.6. The number of carbonyl (C=O) groups is 2. The van der Waals surface area contributed by atoms with Crippen molar-refractivity contribution in [3.05, 3.63) is 67.6 Å². The van der Waals surface area contributed by atoms with Crippen LogP contribution in [0.25, 0.3) is 10.2 Å². The number of nitrogens with zero attached hydrogens (tertiary/aromatic N) is 1. The molecule has 0 fully saturated rings. The minimum absolute atomic E-state index is 0.0990. The number of anilines is 1. The van der Waals surface area contributed by atoms with E-state index in [4.69, 9.17) is 0 Å². The molecular weight excluding hydrogens is 506 g/mol. The fraction of sp³-hybridized carbons (Fsp3) is 0.292. The second-order valence-electron chi connectivity index (χ2n) is 9.03. The zero-order chi connectivity index (χ0) is 22.6. The summed E-state index contributed by atoms with van der Waals surface area (Å²) in [6.45, 7) is 6.15. The van der Waals surface area contributed by atoms with Crippen LogP contribution in [0.15, 0.2) is 62.7 Å². The van der Waals surface area contributed by atoms with Crippen LogP contribution in [-0.4, -0.2) is 16.7 Å². The van der Waals surface area contributed by atoms with E-state index < -0.39 is 0 Å². The van der Waals surface area contributed by atoms with E-state index >= 15 is 0 Å². The standard InChI is InChI=1S/C24H22BrN3O2S2/c1-12-19(22(30)28-23-27-14-7-6-13(25)9-18(14)32-23)21(17-5-4-8-31-17)20-15(26-12)10-24(2,3)11-16(20)29/h4-9,21,26H,10-11H2,1-3H3,(H,27,28,30). The van der Waals surface area contributed by atoms with E-state index in [1.54, 1.807) is 11.3 Å². The Labute approximate surface area is 202 Å². The topological polar surface area (TPSA) is 71.1 Å². The van der Waals surface area contributed by atoms with Gasteiger partial charge in [-0.3, -0.25) is 14.9 Å². The molecule has 1 unspecified atom stereocenters. The average Bonchev–Trinajstić information content (AvgIpc) is 3.34. The second kappa shape index (κ2) is 7.93. The summed E-state index contributed by atoms with van der Waals surface area (Å²) in [4.78, 5) is 32.4. The van der Waals surface area contributed by atoms with Gasteiger partial charge in [0.05, 0.1) is 16.1 Å². The number of aromatic nitrogens is 1. The minimum Gasteiger partial charge on any atom is -0.362 e. The van der Waals surface area contributed by atoms with Crippen molar-refractivity contribution in [1.29, 1.82) is 0 Å². The lowest BCUT2D eigenvalue weighted by Crippen LogP contribution is -2.39. The molecule has 0 bridgehead atoms. The van der Waals surface area contributed by atoms with Gasteiger partial charge in [0.2, 0.25) is 0 Å². The maximum atomic E-state index is 13.6. The maximum Gasteiger partial charge on any atom is 0.256 e. The number of hydrogen-bond acceptors (Lipinski definition) is 6. The number of dihydropyridines is 1. The molecule has 1 atom stereocenters. The van der Waals surface area contributed by atoms with Crippen molar-refractivity contribution in [2.45, 2.75) is 39.5 Å². The highest BCUT2D eigenvalue weighted by molar-refractivity contribution is 9.10. The number of allylic oxidation sites excluding steroid dienone is 3. The van der Waals surface area contributed by atoms with Gasteiger partial charge in [-0.1, -0.05) is 47.2 Å². The molecule has 2 N–H and O–H groups in total. The van der Waals surface area contributed by atoms with Crippen LogP contribution in [0.4, 0.5) is 5.13 Å². The molecule has 5 nitrogen and oxygen atoms in total. The summed E-state index contributed by atoms with van der Waals surface area (Å²) in [7, 11) is 0. The van der Waals surface area contributed by atoms with Gasteiger partial charge < -0.3 is 5.32 Å². The Hall–Kier alpha value is -2.29. The minimum atomic E-state index is -0.363. The molecule has 32 heavy (non-hydrogen) atoms. The summed E-state index contributed by atoms with van der Waals surface area (Å²) >= 11 is 6.49. The second-order valence-corrected chi connectivity index (χ2v) is 12.0. The first-order valence-electron chi connectivity index (χ1n) is 10.4. The molecule has 0 saturated heterocycles. The van der Waals surface area contributed by atoms with Crippen LogP contribution in [0.3, 0.4) is 0 Å². The van der Waals surface area contributed by atoms with E-state index in [1.165, 1.54) is 11.3 Å². The molecule has 5 rings (SSSR count). The molecule has 1 aliphatic heterocycles. The van der Waals surface area contributed by atoms with Gasteiger partial charge in [-0.05, 0) is 48.4 Å². The zero-order valence-corrected chi connectivity index (χ0v) is 21.1. The van der Waals surface area contributed by atoms with E-state index in [-0.39, 0.29) is 23.0 Å². The largest absolute Gasteiger partial charge is 0.362 e. The number of hydrogen-bond donors (Lipinski definition) is 2. The van der Waals surface area contributed by atoms with Crippen molar-refractivity contribution in [2.75, 3.05) is 5.32 Å². The van der Waals surface area contributed by atoms with E-state index in [9.17, 15) is 9.59 Å². The van der Waals surface area contributed by atoms with Gasteiger partial charge in [-0.25, -0.2) is 4.98 Å². The summed E-state index contributed by atoms with van der Waals surface area (Å²) in [5.41, 5.74) is 3.79. The van der Waals surface area contributed by atoms with E-state index in [1.807, 2.05) is 42.6 Å². The number of benzene rings is 1. The van der Waals surface area contributed by atoms with E-state index in [0.717, 1.165) is 43.0 Å². The molecule has 2 aliphatic rings. The molecule has 0 spiro atoms. The van der Waals surface area contributed by atoms with Crippen LogP contribution >= 0.6 is 38.6 Å². The van der Waals surface area contributed by atoms with Crippen LogP contribution in [0.2, 0.25) is 0 Å². The fourth-order valence-corrected chi connectivity index (χ4v) is 6.85. The summed E-state index contributed by atoms with van der Waals surface area (Å²) in [6, 6.07) is 9.82. The van der Waals surface area contributed by atoms with Crippen LogP contribution in [-0.2, 0) is 9.59 Å². The van der Waals surface area contributed by atoms with Gasteiger partial charge in [0.15, 0.2) is 10.9 Å². The summed E-state index contributed by atoms with van der Waals surface area (Å²) in [6.07, 6.45) is 1.27. The van der Waals surface area contributed by atoms with Gasteiger partial charge in [-0.15, -0.1) is 11.3 Å². The monoisotopic (exact) mass is 527 g/mol. The lowest BCUT2D eigenvalue weighted by atomic mass is 9.69. The number of rotatable bonds is 3. The Bertz CT molecular complexity index is 1320. The third-order valence-electron chi connectivity index (χ3n) is 5.88. The highest BCUT2D eigenvalue weighted by atomic mass is 79.9. The molecule has 1 amide bonds. The van der Waals surface area contributed by atoms with Gasteiger partial charge >= 0.3 is 0 Å². The summed E-state index contributed by atoms with van der Waals surface area (Å²) in [5.74, 6) is -0.473. The molecule has 3 aromatic rings. The fourth-order valence-electron chi connectivity index (χ4n) is 4.59. The Morgan fingerprint density at radius 2 is 2.09 bits per heavy atom. The number of nitrogens with one attached hydrogen (secondary N) is 2. The van der Waals surface area contributed by atoms with Crippen LogP contribution < -0.4 is 10.6 Å². The Morgan fingerprint density at radius 1 is 1.28 bits per heavy atom. The normalized spacial score (nSPS) is 20.4. The van der Waals surface area contributed by atoms with Crippen LogP contribution in [0, 0.1) is 5.41 Å². The third-order valence-corrected chi connectivity index (χ3v) is 8.25. The first kappa shape index (κ1) is 21.6. The van der Waals surface area contributed by atoms with Crippen molar-refractivity contribution >= 4 is 65.6 Å². The van der Waals surface area contributed by atoms with Gasteiger partial charge in [-0.2, -0.15) is 0 Å². The molecule has 1 aliphatic carbocycles. The Morgan fingerprint density at radius 3 is 2.84 bits per heavy atom. The van der Waals surface area contributed by atoms with Crippen LogP contribution in [0.5, 0.6) is 0 Å². The number of halogens is 1. The summed E-state index contributed by atoms with van der Waals surface area (Å²) in [5, 5.41) is 8.94. The smallest absolute Gasteiger partial charge is 0.256 e. The number of amides is 1. The van der Waals surface area contributed by atoms with Crippen molar-refractivity contribution in [2.24, 2.45) is 5.41 Å². The average molecular weight is 528 g/mol. The predicted molar refractivity (Wildman–Crippen MR) is 134 cm³/mol. The first-order valence-corrected chi connectivity index (χ1v) is 12.9. The van der Waals surface area contributed by atoms with Crippen LogP contribution in [0.1, 0.15) is 44.4 Å². The molecule has 0 radical (unpaired) electrons. The molecule has 164 valence electrons. The van der Waals surface area contributed by atoms with E-state index in [0.29, 0.717) is 17.1 Å². The molecule has 1 aromatic carbocycles. The number of thiazole rings is 1. The van der Waals surface area contributed by atoms with Crippen molar-refractivity contribution in [3.8, 4) is 0 Å². The van der Waals surface area contributed by atoms with Crippen molar-refractivity contribution in [1.82, 2.24) is 10.3 Å². The highest BCUT2D eigenvalue weighted by Gasteiger charge is 2.43.